The van der Waals surface area contributed by atoms with E-state index in [4.69, 9.17) is 4.74 Å². The third-order valence-corrected chi connectivity index (χ3v) is 4.28. The first-order chi connectivity index (χ1) is 11.4. The predicted molar refractivity (Wildman–Crippen MR) is 93.5 cm³/mol. The summed E-state index contributed by atoms with van der Waals surface area (Å²) in [6.45, 7) is 0.648. The molecular weight excluding hydrogens is 326 g/mol. The fourth-order valence-corrected chi connectivity index (χ4v) is 2.55. The number of hydrogen-bond donors (Lipinski definition) is 1. The van der Waals surface area contributed by atoms with Crippen LogP contribution >= 0.6 is 0 Å². The molecule has 6 heteroatoms. The zero-order valence-electron chi connectivity index (χ0n) is 13.3. The van der Waals surface area contributed by atoms with Crippen LogP contribution in [0.15, 0.2) is 65.6 Å². The maximum absolute atomic E-state index is 11.7. The largest absolute Gasteiger partial charge is 0.492 e. The van der Waals surface area contributed by atoms with Gasteiger partial charge in [0.05, 0.1) is 11.4 Å². The van der Waals surface area contributed by atoms with Crippen molar-refractivity contribution < 1.29 is 17.9 Å². The van der Waals surface area contributed by atoms with Gasteiger partial charge < -0.3 is 10.1 Å². The fourth-order valence-electron chi connectivity index (χ4n) is 1.92. The van der Waals surface area contributed by atoms with Gasteiger partial charge in [0, 0.05) is 12.3 Å². The molecule has 2 rings (SSSR count). The highest BCUT2D eigenvalue weighted by molar-refractivity contribution is 7.90. The lowest BCUT2D eigenvalue weighted by molar-refractivity contribution is -0.116. The number of benzene rings is 2. The normalized spacial score (nSPS) is 11.4. The minimum Gasteiger partial charge on any atom is -0.492 e. The first kappa shape index (κ1) is 17.7. The molecule has 0 atom stereocenters. The molecule has 5 nitrogen and oxygen atoms in total. The van der Waals surface area contributed by atoms with Crippen molar-refractivity contribution in [2.75, 3.05) is 19.4 Å². The molecule has 0 aromatic heterocycles. The Bertz CT molecular complexity index is 797. The Morgan fingerprint density at radius 1 is 1.08 bits per heavy atom. The summed E-state index contributed by atoms with van der Waals surface area (Å²) in [7, 11) is -3.21. The molecule has 1 N–H and O–H groups in total. The van der Waals surface area contributed by atoms with Crippen molar-refractivity contribution in [2.45, 2.75) is 4.90 Å². The standard InChI is InChI=1S/C18H19NO4S/c1-24(21,22)17-10-8-16(9-11-17)23-14-13-19-18(20)12-7-15-5-3-2-4-6-15/h2-12H,13-14H2,1H3,(H,19,20)/b12-7+. The number of hydrogen-bond acceptors (Lipinski definition) is 4. The van der Waals surface area contributed by atoms with Crippen molar-refractivity contribution in [2.24, 2.45) is 0 Å². The molecule has 0 aliphatic carbocycles. The zero-order valence-corrected chi connectivity index (χ0v) is 14.1. The lowest BCUT2D eigenvalue weighted by atomic mass is 10.2. The smallest absolute Gasteiger partial charge is 0.244 e. The molecule has 2 aromatic carbocycles. The molecule has 0 saturated carbocycles. The van der Waals surface area contributed by atoms with E-state index in [0.29, 0.717) is 18.9 Å². The van der Waals surface area contributed by atoms with Crippen LogP contribution in [-0.2, 0) is 14.6 Å². The van der Waals surface area contributed by atoms with Crippen molar-refractivity contribution in [1.29, 1.82) is 0 Å². The fraction of sp³-hybridized carbons (Fsp3) is 0.167. The molecule has 0 saturated heterocycles. The summed E-state index contributed by atoms with van der Waals surface area (Å²) in [5, 5.41) is 2.71. The van der Waals surface area contributed by atoms with E-state index < -0.39 is 9.84 Å². The van der Waals surface area contributed by atoms with Gasteiger partial charge in [-0.15, -0.1) is 0 Å². The molecule has 2 aromatic rings. The maximum atomic E-state index is 11.7. The first-order valence-corrected chi connectivity index (χ1v) is 9.28. The van der Waals surface area contributed by atoms with E-state index in [1.54, 1.807) is 18.2 Å². The summed E-state index contributed by atoms with van der Waals surface area (Å²) in [5.74, 6) is 0.353. The van der Waals surface area contributed by atoms with Gasteiger partial charge in [0.1, 0.15) is 12.4 Å². The van der Waals surface area contributed by atoms with Crippen molar-refractivity contribution in [1.82, 2.24) is 5.32 Å². The van der Waals surface area contributed by atoms with Crippen LogP contribution in [0.25, 0.3) is 6.08 Å². The van der Waals surface area contributed by atoms with E-state index in [2.05, 4.69) is 5.32 Å². The van der Waals surface area contributed by atoms with Crippen LogP contribution in [0.1, 0.15) is 5.56 Å². The van der Waals surface area contributed by atoms with Crippen LogP contribution < -0.4 is 10.1 Å². The Balaban J connectivity index is 1.73. The van der Waals surface area contributed by atoms with Crippen molar-refractivity contribution in [3.05, 3.63) is 66.2 Å². The topological polar surface area (TPSA) is 72.5 Å². The SMILES string of the molecule is CS(=O)(=O)c1ccc(OCCNC(=O)/C=C/c2ccccc2)cc1. The van der Waals surface area contributed by atoms with Gasteiger partial charge in [-0.1, -0.05) is 30.3 Å². The van der Waals surface area contributed by atoms with Crippen LogP contribution in [0, 0.1) is 0 Å². The second-order valence-corrected chi connectivity index (χ2v) is 7.14. The van der Waals surface area contributed by atoms with Gasteiger partial charge in [0.25, 0.3) is 0 Å². The third-order valence-electron chi connectivity index (χ3n) is 3.15. The lowest BCUT2D eigenvalue weighted by Gasteiger charge is -2.07. The summed E-state index contributed by atoms with van der Waals surface area (Å²) in [6.07, 6.45) is 4.36. The maximum Gasteiger partial charge on any atom is 0.244 e. The Kier molecular flexibility index (Phi) is 6.14. The number of amides is 1. The van der Waals surface area contributed by atoms with Gasteiger partial charge in [0.15, 0.2) is 9.84 Å². The van der Waals surface area contributed by atoms with Gasteiger partial charge in [-0.25, -0.2) is 8.42 Å². The lowest BCUT2D eigenvalue weighted by Crippen LogP contribution is -2.26. The summed E-state index contributed by atoms with van der Waals surface area (Å²) < 4.78 is 28.2. The number of ether oxygens (including phenoxy) is 1. The molecule has 0 heterocycles. The Labute approximate surface area is 141 Å². The van der Waals surface area contributed by atoms with E-state index in [-0.39, 0.29) is 10.8 Å². The quantitative estimate of drug-likeness (QED) is 0.617. The Morgan fingerprint density at radius 3 is 2.38 bits per heavy atom. The number of nitrogens with one attached hydrogen (secondary N) is 1. The Hall–Kier alpha value is -2.60. The summed E-state index contributed by atoms with van der Waals surface area (Å²) in [6, 6.07) is 15.7. The van der Waals surface area contributed by atoms with Gasteiger partial charge in [0.2, 0.25) is 5.91 Å². The highest BCUT2D eigenvalue weighted by Crippen LogP contribution is 2.15. The number of carbonyl (C=O) groups is 1. The van der Waals surface area contributed by atoms with Gasteiger partial charge in [-0.2, -0.15) is 0 Å². The molecule has 126 valence electrons. The first-order valence-electron chi connectivity index (χ1n) is 7.39. The monoisotopic (exact) mass is 345 g/mol. The zero-order chi connectivity index (χ0) is 17.4. The molecule has 0 spiro atoms. The molecule has 0 fully saturated rings. The number of carbonyl (C=O) groups excluding carboxylic acids is 1. The minimum atomic E-state index is -3.21. The molecular formula is C18H19NO4S. The van der Waals surface area contributed by atoms with E-state index in [1.165, 1.54) is 18.2 Å². The molecule has 0 aliphatic heterocycles. The second kappa shape index (κ2) is 8.31. The summed E-state index contributed by atoms with van der Waals surface area (Å²) >= 11 is 0. The van der Waals surface area contributed by atoms with E-state index in [0.717, 1.165) is 11.8 Å². The van der Waals surface area contributed by atoms with Crippen molar-refractivity contribution >= 4 is 21.8 Å². The minimum absolute atomic E-state index is 0.199. The van der Waals surface area contributed by atoms with Crippen LogP contribution in [0.2, 0.25) is 0 Å². The van der Waals surface area contributed by atoms with Crippen molar-refractivity contribution in [3.63, 3.8) is 0 Å². The Morgan fingerprint density at radius 2 is 1.75 bits per heavy atom. The predicted octanol–water partition coefficient (Wildman–Crippen LogP) is 2.30. The van der Waals surface area contributed by atoms with E-state index in [9.17, 15) is 13.2 Å². The number of sulfone groups is 1. The number of rotatable bonds is 7. The highest BCUT2D eigenvalue weighted by Gasteiger charge is 2.06. The second-order valence-electron chi connectivity index (χ2n) is 5.13. The molecule has 0 radical (unpaired) electrons. The molecule has 24 heavy (non-hydrogen) atoms. The van der Waals surface area contributed by atoms with E-state index >= 15 is 0 Å². The van der Waals surface area contributed by atoms with Crippen LogP contribution in [-0.4, -0.2) is 33.7 Å². The molecule has 0 bridgehead atoms. The van der Waals surface area contributed by atoms with E-state index in [1.807, 2.05) is 30.3 Å². The highest BCUT2D eigenvalue weighted by atomic mass is 32.2. The van der Waals surface area contributed by atoms with Crippen LogP contribution in [0.4, 0.5) is 0 Å². The molecule has 1 amide bonds. The summed E-state index contributed by atoms with van der Waals surface area (Å²) in [4.78, 5) is 11.9. The van der Waals surface area contributed by atoms with Crippen LogP contribution in [0.5, 0.6) is 5.75 Å². The van der Waals surface area contributed by atoms with Gasteiger partial charge in [-0.3, -0.25) is 4.79 Å². The van der Waals surface area contributed by atoms with Crippen molar-refractivity contribution in [3.8, 4) is 5.75 Å². The van der Waals surface area contributed by atoms with Crippen LogP contribution in [0.3, 0.4) is 0 Å². The van der Waals surface area contributed by atoms with Gasteiger partial charge >= 0.3 is 0 Å². The van der Waals surface area contributed by atoms with Gasteiger partial charge in [-0.05, 0) is 35.9 Å². The average molecular weight is 345 g/mol. The molecule has 0 unspecified atom stereocenters. The molecule has 0 aliphatic rings. The summed E-state index contributed by atoms with van der Waals surface area (Å²) in [5.41, 5.74) is 0.954. The third kappa shape index (κ3) is 5.89. The average Bonchev–Trinajstić information content (AvgIpc) is 2.57.